The van der Waals surface area contributed by atoms with Gasteiger partial charge in [-0.25, -0.2) is 0 Å². The zero-order valence-electron chi connectivity index (χ0n) is 12.5. The smallest absolute Gasteiger partial charge is 0.192 e. The number of piperidine rings is 1. The van der Waals surface area contributed by atoms with Gasteiger partial charge in [0.2, 0.25) is 0 Å². The molecule has 1 aromatic rings. The van der Waals surface area contributed by atoms with Crippen LogP contribution >= 0.6 is 0 Å². The molecule has 2 atom stereocenters. The Bertz CT molecular complexity index is 541. The number of rotatable bonds is 2. The molecule has 3 heterocycles. The van der Waals surface area contributed by atoms with Crippen molar-refractivity contribution in [2.75, 3.05) is 19.6 Å². The van der Waals surface area contributed by atoms with Crippen LogP contribution in [-0.4, -0.2) is 47.0 Å². The van der Waals surface area contributed by atoms with Gasteiger partial charge in [0.05, 0.1) is 12.1 Å². The predicted molar refractivity (Wildman–Crippen MR) is 85.0 cm³/mol. The number of hydrogen-bond donors (Lipinski definition) is 1. The van der Waals surface area contributed by atoms with Gasteiger partial charge in [0.25, 0.3) is 0 Å². The lowest BCUT2D eigenvalue weighted by atomic mass is 9.84. The maximum Gasteiger partial charge on any atom is 0.192 e. The Kier molecular flexibility index (Phi) is 3.14. The van der Waals surface area contributed by atoms with Crippen molar-refractivity contribution in [3.8, 4) is 0 Å². The first-order valence-corrected chi connectivity index (χ1v) is 8.15. The van der Waals surface area contributed by atoms with Crippen molar-refractivity contribution < 1.29 is 0 Å². The molecule has 4 rings (SSSR count). The van der Waals surface area contributed by atoms with E-state index in [1.165, 1.54) is 44.3 Å². The minimum absolute atomic E-state index is 0.153. The summed E-state index contributed by atoms with van der Waals surface area (Å²) in [7, 11) is 0. The summed E-state index contributed by atoms with van der Waals surface area (Å²) in [6, 6.07) is 11.3. The van der Waals surface area contributed by atoms with Crippen LogP contribution < -0.4 is 5.73 Å². The molecule has 2 saturated heterocycles. The van der Waals surface area contributed by atoms with E-state index in [1.807, 2.05) is 0 Å². The van der Waals surface area contributed by atoms with Gasteiger partial charge >= 0.3 is 0 Å². The van der Waals surface area contributed by atoms with E-state index in [0.717, 1.165) is 19.0 Å². The van der Waals surface area contributed by atoms with E-state index in [4.69, 9.17) is 5.73 Å². The molecule has 0 saturated carbocycles. The van der Waals surface area contributed by atoms with Crippen LogP contribution in [0.4, 0.5) is 0 Å². The summed E-state index contributed by atoms with van der Waals surface area (Å²) >= 11 is 0. The highest BCUT2D eigenvalue weighted by atomic mass is 15.4. The second-order valence-corrected chi connectivity index (χ2v) is 6.65. The first-order valence-electron chi connectivity index (χ1n) is 8.15. The van der Waals surface area contributed by atoms with Gasteiger partial charge in [-0.15, -0.1) is 0 Å². The van der Waals surface area contributed by atoms with Crippen molar-refractivity contribution >= 4 is 5.96 Å². The van der Waals surface area contributed by atoms with Crippen LogP contribution in [-0.2, 0) is 6.54 Å². The minimum Gasteiger partial charge on any atom is -0.370 e. The van der Waals surface area contributed by atoms with Gasteiger partial charge in [0.1, 0.15) is 0 Å². The van der Waals surface area contributed by atoms with E-state index in [0.29, 0.717) is 6.04 Å². The molecule has 0 aliphatic carbocycles. The largest absolute Gasteiger partial charge is 0.370 e. The molecule has 4 heteroatoms. The van der Waals surface area contributed by atoms with Crippen molar-refractivity contribution in [2.24, 2.45) is 10.7 Å². The van der Waals surface area contributed by atoms with Gasteiger partial charge in [0.15, 0.2) is 5.96 Å². The van der Waals surface area contributed by atoms with Crippen molar-refractivity contribution in [3.63, 3.8) is 0 Å². The Hall–Kier alpha value is -1.55. The van der Waals surface area contributed by atoms with Gasteiger partial charge in [-0.2, -0.15) is 0 Å². The highest BCUT2D eigenvalue weighted by Gasteiger charge is 2.54. The number of aliphatic imine (C=N–C) groups is 1. The number of guanidine groups is 1. The second kappa shape index (κ2) is 5.02. The molecular weight excluding hydrogens is 260 g/mol. The fourth-order valence-electron chi connectivity index (χ4n) is 4.49. The molecule has 0 bridgehead atoms. The Morgan fingerprint density at radius 2 is 2.05 bits per heavy atom. The monoisotopic (exact) mass is 284 g/mol. The third-order valence-corrected chi connectivity index (χ3v) is 5.58. The molecule has 1 aromatic carbocycles. The fraction of sp³-hybridized carbons (Fsp3) is 0.588. The molecular formula is C17H24N4. The van der Waals surface area contributed by atoms with E-state index in [-0.39, 0.29) is 5.54 Å². The molecule has 3 aliphatic heterocycles. The Balaban J connectivity index is 1.62. The van der Waals surface area contributed by atoms with Crippen molar-refractivity contribution in [1.29, 1.82) is 0 Å². The Labute approximate surface area is 126 Å². The van der Waals surface area contributed by atoms with Crippen LogP contribution in [0.15, 0.2) is 35.3 Å². The summed E-state index contributed by atoms with van der Waals surface area (Å²) in [5.74, 6) is 0.742. The van der Waals surface area contributed by atoms with Crippen LogP contribution in [0.1, 0.15) is 31.2 Å². The lowest BCUT2D eigenvalue weighted by molar-refractivity contribution is 0.0915. The van der Waals surface area contributed by atoms with Gasteiger partial charge in [-0.1, -0.05) is 36.8 Å². The number of nitrogens with zero attached hydrogens (tertiary/aromatic N) is 3. The quantitative estimate of drug-likeness (QED) is 0.901. The first-order chi connectivity index (χ1) is 10.3. The normalized spacial score (nSPS) is 32.5. The number of nitrogens with two attached hydrogens (primary N) is 1. The summed E-state index contributed by atoms with van der Waals surface area (Å²) < 4.78 is 0. The Morgan fingerprint density at radius 3 is 2.90 bits per heavy atom. The highest BCUT2D eigenvalue weighted by Crippen LogP contribution is 2.42. The fourth-order valence-corrected chi connectivity index (χ4v) is 4.49. The van der Waals surface area contributed by atoms with Crippen molar-refractivity contribution in [2.45, 2.75) is 43.8 Å². The van der Waals surface area contributed by atoms with Crippen LogP contribution in [0.25, 0.3) is 0 Å². The number of fused-ring (bicyclic) bond motifs is 2. The zero-order chi connectivity index (χ0) is 14.3. The minimum atomic E-state index is 0.153. The number of benzene rings is 1. The molecule has 0 aromatic heterocycles. The van der Waals surface area contributed by atoms with Gasteiger partial charge < -0.3 is 10.6 Å². The van der Waals surface area contributed by atoms with Gasteiger partial charge in [-0.3, -0.25) is 9.89 Å². The standard InChI is InChI=1S/C17H24N4/c18-16-19-13-17(9-11-20-10-5-4-8-15(17)20)21(16)12-14-6-2-1-3-7-14/h1-3,6-7,15H,4-5,8-13H2,(H2,18,19). The first kappa shape index (κ1) is 13.1. The molecule has 4 nitrogen and oxygen atoms in total. The lowest BCUT2D eigenvalue weighted by Crippen LogP contribution is -2.59. The van der Waals surface area contributed by atoms with Crippen LogP contribution in [0, 0.1) is 0 Å². The topological polar surface area (TPSA) is 44.9 Å². The van der Waals surface area contributed by atoms with Crippen LogP contribution in [0.5, 0.6) is 0 Å². The molecule has 21 heavy (non-hydrogen) atoms. The third-order valence-electron chi connectivity index (χ3n) is 5.58. The molecule has 2 unspecified atom stereocenters. The van der Waals surface area contributed by atoms with Crippen LogP contribution in [0.2, 0.25) is 0 Å². The third kappa shape index (κ3) is 2.04. The van der Waals surface area contributed by atoms with Gasteiger partial charge in [0, 0.05) is 19.1 Å². The Morgan fingerprint density at radius 1 is 1.19 bits per heavy atom. The lowest BCUT2D eigenvalue weighted by Gasteiger charge is -2.44. The summed E-state index contributed by atoms with van der Waals surface area (Å²) in [5, 5.41) is 0. The van der Waals surface area contributed by atoms with E-state index >= 15 is 0 Å². The maximum absolute atomic E-state index is 6.26. The van der Waals surface area contributed by atoms with Crippen LogP contribution in [0.3, 0.4) is 0 Å². The predicted octanol–water partition coefficient (Wildman–Crippen LogP) is 1.81. The molecule has 0 radical (unpaired) electrons. The number of hydrogen-bond acceptors (Lipinski definition) is 4. The molecule has 2 fully saturated rings. The summed E-state index contributed by atoms with van der Waals surface area (Å²) in [6.45, 7) is 4.23. The molecule has 2 N–H and O–H groups in total. The van der Waals surface area contributed by atoms with E-state index < -0.39 is 0 Å². The maximum atomic E-state index is 6.26. The second-order valence-electron chi connectivity index (χ2n) is 6.65. The molecule has 3 aliphatic rings. The average Bonchev–Trinajstić information content (AvgIpc) is 3.06. The summed E-state index contributed by atoms with van der Waals surface area (Å²) in [6.07, 6.45) is 5.20. The SMILES string of the molecule is NC1=NCC2(CCN3CCCCC32)N1Cc1ccccc1. The molecule has 0 amide bonds. The average molecular weight is 284 g/mol. The van der Waals surface area contributed by atoms with Gasteiger partial charge in [-0.05, 0) is 31.4 Å². The van der Waals surface area contributed by atoms with Crippen molar-refractivity contribution in [1.82, 2.24) is 9.80 Å². The van der Waals surface area contributed by atoms with E-state index in [2.05, 4.69) is 45.1 Å². The summed E-state index contributed by atoms with van der Waals surface area (Å²) in [5.41, 5.74) is 7.74. The molecule has 1 spiro atoms. The van der Waals surface area contributed by atoms with Crippen molar-refractivity contribution in [3.05, 3.63) is 35.9 Å². The highest BCUT2D eigenvalue weighted by molar-refractivity contribution is 5.81. The van der Waals surface area contributed by atoms with E-state index in [1.54, 1.807) is 0 Å². The summed E-state index contributed by atoms with van der Waals surface area (Å²) in [4.78, 5) is 9.71. The molecule has 112 valence electrons. The van der Waals surface area contributed by atoms with E-state index in [9.17, 15) is 0 Å². The zero-order valence-corrected chi connectivity index (χ0v) is 12.5.